The summed E-state index contributed by atoms with van der Waals surface area (Å²) in [5.41, 5.74) is 0.373. The summed E-state index contributed by atoms with van der Waals surface area (Å²) in [7, 11) is 1.89. The minimum atomic E-state index is -0.323. The molecule has 106 valence electrons. The first-order valence-electron chi connectivity index (χ1n) is 6.22. The van der Waals surface area contributed by atoms with E-state index in [4.69, 9.17) is 11.6 Å². The van der Waals surface area contributed by atoms with Gasteiger partial charge in [-0.2, -0.15) is 0 Å². The Morgan fingerprint density at radius 3 is 2.74 bits per heavy atom. The number of nitrogens with zero attached hydrogens (tertiary/aromatic N) is 1. The van der Waals surface area contributed by atoms with Crippen LogP contribution in [-0.4, -0.2) is 41.7 Å². The minimum Gasteiger partial charge on any atom is -0.394 e. The van der Waals surface area contributed by atoms with Gasteiger partial charge >= 0.3 is 0 Å². The lowest BCUT2D eigenvalue weighted by atomic mass is 10.1. The average Bonchev–Trinajstić information content (AvgIpc) is 2.35. The van der Waals surface area contributed by atoms with Gasteiger partial charge in [-0.3, -0.25) is 9.69 Å². The fourth-order valence-corrected chi connectivity index (χ4v) is 1.67. The lowest BCUT2D eigenvalue weighted by Crippen LogP contribution is -2.45. The third-order valence-electron chi connectivity index (χ3n) is 3.20. The first-order valence-corrected chi connectivity index (χ1v) is 6.60. The highest BCUT2D eigenvalue weighted by atomic mass is 35.5. The highest BCUT2D eigenvalue weighted by molar-refractivity contribution is 6.30. The molecule has 2 N–H and O–H groups in total. The normalized spacial score (nSPS) is 11.7. The van der Waals surface area contributed by atoms with Crippen molar-refractivity contribution in [2.24, 2.45) is 0 Å². The van der Waals surface area contributed by atoms with Gasteiger partial charge in [0, 0.05) is 29.2 Å². The fraction of sp³-hybridized carbons (Fsp3) is 0.500. The first kappa shape index (κ1) is 16.0. The average molecular weight is 285 g/mol. The number of carbonyl (C=O) groups excluding carboxylic acids is 1. The molecular weight excluding hydrogens is 264 g/mol. The number of likely N-dealkylation sites (N-methyl/N-ethyl adjacent to an activating group) is 1. The van der Waals surface area contributed by atoms with E-state index in [1.54, 1.807) is 24.3 Å². The summed E-state index contributed by atoms with van der Waals surface area (Å²) in [5, 5.41) is 12.6. The van der Waals surface area contributed by atoms with Crippen molar-refractivity contribution in [2.75, 3.05) is 25.5 Å². The first-order chi connectivity index (χ1) is 8.85. The van der Waals surface area contributed by atoms with Crippen molar-refractivity contribution in [3.63, 3.8) is 0 Å². The molecule has 0 atom stereocenters. The number of hydrogen-bond acceptors (Lipinski definition) is 3. The predicted molar refractivity (Wildman–Crippen MR) is 78.5 cm³/mol. The molecule has 1 aromatic carbocycles. The van der Waals surface area contributed by atoms with Crippen molar-refractivity contribution in [3.8, 4) is 0 Å². The Bertz CT molecular complexity index is 435. The second-order valence-corrected chi connectivity index (χ2v) is 5.64. The molecule has 0 spiro atoms. The molecule has 0 fully saturated rings. The van der Waals surface area contributed by atoms with Gasteiger partial charge in [-0.25, -0.2) is 0 Å². The number of amides is 1. The second kappa shape index (κ2) is 6.89. The molecule has 0 saturated heterocycles. The number of benzene rings is 1. The van der Waals surface area contributed by atoms with Crippen LogP contribution in [-0.2, 0) is 4.79 Å². The Kier molecular flexibility index (Phi) is 5.79. The number of aliphatic hydroxyl groups is 1. The zero-order valence-corrected chi connectivity index (χ0v) is 12.4. The number of anilines is 1. The van der Waals surface area contributed by atoms with Crippen LogP contribution in [0.5, 0.6) is 0 Å². The van der Waals surface area contributed by atoms with Crippen LogP contribution in [0.25, 0.3) is 0 Å². The number of carbonyl (C=O) groups is 1. The van der Waals surface area contributed by atoms with Crippen LogP contribution < -0.4 is 5.32 Å². The molecule has 0 aliphatic carbocycles. The summed E-state index contributed by atoms with van der Waals surface area (Å²) in [6.07, 6.45) is 0.368. The van der Waals surface area contributed by atoms with E-state index < -0.39 is 0 Å². The van der Waals surface area contributed by atoms with Gasteiger partial charge < -0.3 is 10.4 Å². The zero-order valence-electron chi connectivity index (χ0n) is 11.6. The smallest absolute Gasteiger partial charge is 0.225 e. The third-order valence-corrected chi connectivity index (χ3v) is 3.44. The van der Waals surface area contributed by atoms with E-state index in [1.165, 1.54) is 0 Å². The van der Waals surface area contributed by atoms with Gasteiger partial charge in [-0.15, -0.1) is 0 Å². The molecule has 0 aliphatic rings. The molecule has 5 heteroatoms. The standard InChI is InChI=1S/C14H21ClN2O2/c1-14(2,10-18)17(3)8-7-13(19)16-12-6-4-5-11(15)9-12/h4-6,9,18H,7-8,10H2,1-3H3,(H,16,19). The molecule has 0 aromatic heterocycles. The van der Waals surface area contributed by atoms with Crippen molar-refractivity contribution in [2.45, 2.75) is 25.8 Å². The maximum atomic E-state index is 11.8. The molecule has 0 radical (unpaired) electrons. The Hall–Kier alpha value is -1.10. The van der Waals surface area contributed by atoms with Crippen LogP contribution in [0, 0.1) is 0 Å². The van der Waals surface area contributed by atoms with Crippen LogP contribution in [0.3, 0.4) is 0 Å². The van der Waals surface area contributed by atoms with Crippen LogP contribution in [0.15, 0.2) is 24.3 Å². The summed E-state index contributed by atoms with van der Waals surface area (Å²) in [6, 6.07) is 7.06. The molecule has 0 bridgehead atoms. The number of hydrogen-bond donors (Lipinski definition) is 2. The van der Waals surface area contributed by atoms with Gasteiger partial charge in [-0.05, 0) is 39.1 Å². The second-order valence-electron chi connectivity index (χ2n) is 5.20. The third kappa shape index (κ3) is 5.19. The molecule has 1 amide bonds. The molecule has 0 aliphatic heterocycles. The predicted octanol–water partition coefficient (Wildman–Crippen LogP) is 2.37. The van der Waals surface area contributed by atoms with Crippen LogP contribution in [0.4, 0.5) is 5.69 Å². The van der Waals surface area contributed by atoms with Crippen molar-refractivity contribution in [1.29, 1.82) is 0 Å². The topological polar surface area (TPSA) is 52.6 Å². The number of rotatable bonds is 6. The van der Waals surface area contributed by atoms with Gasteiger partial charge in [-0.1, -0.05) is 17.7 Å². The molecule has 0 heterocycles. The summed E-state index contributed by atoms with van der Waals surface area (Å²) in [4.78, 5) is 13.8. The Morgan fingerprint density at radius 1 is 1.47 bits per heavy atom. The Labute approximate surface area is 119 Å². The van der Waals surface area contributed by atoms with E-state index in [1.807, 2.05) is 25.8 Å². The Morgan fingerprint density at radius 2 is 2.16 bits per heavy atom. The molecular formula is C14H21ClN2O2. The molecule has 0 saturated carbocycles. The molecule has 1 rings (SSSR count). The molecule has 4 nitrogen and oxygen atoms in total. The van der Waals surface area contributed by atoms with E-state index in [2.05, 4.69) is 5.32 Å². The van der Waals surface area contributed by atoms with Gasteiger partial charge in [0.2, 0.25) is 5.91 Å². The largest absolute Gasteiger partial charge is 0.394 e. The summed E-state index contributed by atoms with van der Waals surface area (Å²) in [6.45, 7) is 4.50. The summed E-state index contributed by atoms with van der Waals surface area (Å²) >= 11 is 5.85. The summed E-state index contributed by atoms with van der Waals surface area (Å²) in [5.74, 6) is -0.0668. The highest BCUT2D eigenvalue weighted by Gasteiger charge is 2.22. The van der Waals surface area contributed by atoms with Crippen LogP contribution >= 0.6 is 11.6 Å². The minimum absolute atomic E-state index is 0.0550. The highest BCUT2D eigenvalue weighted by Crippen LogP contribution is 2.15. The van der Waals surface area contributed by atoms with Crippen LogP contribution in [0.1, 0.15) is 20.3 Å². The maximum absolute atomic E-state index is 11.8. The SMILES string of the molecule is CN(CCC(=O)Nc1cccc(Cl)c1)C(C)(C)CO. The number of nitrogens with one attached hydrogen (secondary N) is 1. The maximum Gasteiger partial charge on any atom is 0.225 e. The van der Waals surface area contributed by atoms with E-state index in [0.717, 1.165) is 0 Å². The number of aliphatic hydroxyl groups excluding tert-OH is 1. The number of halogens is 1. The van der Waals surface area contributed by atoms with Gasteiger partial charge in [0.1, 0.15) is 0 Å². The van der Waals surface area contributed by atoms with Crippen molar-refractivity contribution >= 4 is 23.2 Å². The van der Waals surface area contributed by atoms with Crippen molar-refractivity contribution in [1.82, 2.24) is 4.90 Å². The quantitative estimate of drug-likeness (QED) is 0.843. The zero-order chi connectivity index (χ0) is 14.5. The van der Waals surface area contributed by atoms with Gasteiger partial charge in [0.25, 0.3) is 0 Å². The van der Waals surface area contributed by atoms with Crippen LogP contribution in [0.2, 0.25) is 5.02 Å². The van der Waals surface area contributed by atoms with E-state index in [0.29, 0.717) is 23.7 Å². The molecule has 19 heavy (non-hydrogen) atoms. The lowest BCUT2D eigenvalue weighted by Gasteiger charge is -2.33. The lowest BCUT2D eigenvalue weighted by molar-refractivity contribution is -0.116. The van der Waals surface area contributed by atoms with E-state index in [9.17, 15) is 9.90 Å². The molecule has 0 unspecified atom stereocenters. The summed E-state index contributed by atoms with van der Waals surface area (Å²) < 4.78 is 0. The van der Waals surface area contributed by atoms with E-state index in [-0.39, 0.29) is 18.1 Å². The van der Waals surface area contributed by atoms with E-state index >= 15 is 0 Å². The van der Waals surface area contributed by atoms with Gasteiger partial charge in [0.15, 0.2) is 0 Å². The fourth-order valence-electron chi connectivity index (χ4n) is 1.48. The van der Waals surface area contributed by atoms with Crippen molar-refractivity contribution < 1.29 is 9.90 Å². The van der Waals surface area contributed by atoms with Gasteiger partial charge in [0.05, 0.1) is 6.61 Å². The molecule has 1 aromatic rings. The monoisotopic (exact) mass is 284 g/mol. The van der Waals surface area contributed by atoms with Crippen molar-refractivity contribution in [3.05, 3.63) is 29.3 Å². The Balaban J connectivity index is 2.44.